The van der Waals surface area contributed by atoms with E-state index in [1.807, 2.05) is 6.26 Å². The lowest BCUT2D eigenvalue weighted by atomic mass is 10.1. The van der Waals surface area contributed by atoms with E-state index in [-0.39, 0.29) is 16.9 Å². The highest BCUT2D eigenvalue weighted by atomic mass is 32.2. The highest BCUT2D eigenvalue weighted by Gasteiger charge is 2.17. The molecule has 0 atom stereocenters. The summed E-state index contributed by atoms with van der Waals surface area (Å²) in [6.45, 7) is 0.589. The molecule has 0 heterocycles. The van der Waals surface area contributed by atoms with Crippen LogP contribution in [-0.4, -0.2) is 23.5 Å². The van der Waals surface area contributed by atoms with Gasteiger partial charge in [0, 0.05) is 29.9 Å². The average molecular weight is 304 g/mol. The van der Waals surface area contributed by atoms with Crippen LogP contribution in [0.25, 0.3) is 0 Å². The van der Waals surface area contributed by atoms with E-state index in [0.29, 0.717) is 6.54 Å². The van der Waals surface area contributed by atoms with Crippen molar-refractivity contribution in [2.75, 3.05) is 23.9 Å². The summed E-state index contributed by atoms with van der Waals surface area (Å²) in [6, 6.07) is 3.52. The maximum absolute atomic E-state index is 12.9. The largest absolute Gasteiger partial charge is 0.385 e. The third-order valence-electron chi connectivity index (χ3n) is 2.82. The zero-order chi connectivity index (χ0) is 15.0. The van der Waals surface area contributed by atoms with E-state index in [4.69, 9.17) is 0 Å². The molecule has 0 aliphatic rings. The SMILES string of the molecule is CSCCCCCNc1ccc([N+](=O)[O-])cc1C(F)F. The standard InChI is InChI=1S/C13H18F2N2O2S/c1-20-8-4-2-3-7-16-12-6-5-10(17(18)19)9-11(12)13(14)15/h5-6,9,13,16H,2-4,7-8H2,1H3. The highest BCUT2D eigenvalue weighted by Crippen LogP contribution is 2.30. The van der Waals surface area contributed by atoms with Crippen LogP contribution in [0.2, 0.25) is 0 Å². The first-order valence-electron chi connectivity index (χ1n) is 6.35. The van der Waals surface area contributed by atoms with Gasteiger partial charge in [-0.2, -0.15) is 11.8 Å². The molecule has 4 nitrogen and oxygen atoms in total. The molecule has 0 spiro atoms. The second-order valence-corrected chi connectivity index (χ2v) is 5.30. The first-order valence-corrected chi connectivity index (χ1v) is 7.75. The number of nitro benzene ring substituents is 1. The molecule has 0 saturated carbocycles. The van der Waals surface area contributed by atoms with Gasteiger partial charge in [0.2, 0.25) is 0 Å². The third kappa shape index (κ3) is 5.32. The first kappa shape index (κ1) is 16.7. The molecular formula is C13H18F2N2O2S. The lowest BCUT2D eigenvalue weighted by Gasteiger charge is -2.11. The van der Waals surface area contributed by atoms with Crippen molar-refractivity contribution in [3.63, 3.8) is 0 Å². The Morgan fingerprint density at radius 3 is 2.70 bits per heavy atom. The minimum atomic E-state index is -2.73. The molecule has 1 N–H and O–H groups in total. The number of hydrogen-bond donors (Lipinski definition) is 1. The number of nitrogens with zero attached hydrogens (tertiary/aromatic N) is 1. The number of unbranched alkanes of at least 4 members (excludes halogenated alkanes) is 2. The lowest BCUT2D eigenvalue weighted by Crippen LogP contribution is -2.05. The van der Waals surface area contributed by atoms with Crippen LogP contribution >= 0.6 is 11.8 Å². The molecule has 0 saturated heterocycles. The Morgan fingerprint density at radius 1 is 1.35 bits per heavy atom. The highest BCUT2D eigenvalue weighted by molar-refractivity contribution is 7.98. The van der Waals surface area contributed by atoms with Crippen molar-refractivity contribution in [1.82, 2.24) is 0 Å². The molecule has 0 fully saturated rings. The molecule has 0 aromatic heterocycles. The van der Waals surface area contributed by atoms with E-state index in [0.717, 1.165) is 31.1 Å². The van der Waals surface area contributed by atoms with Crippen molar-refractivity contribution in [3.05, 3.63) is 33.9 Å². The topological polar surface area (TPSA) is 55.2 Å². The quantitative estimate of drug-likeness (QED) is 0.415. The van der Waals surface area contributed by atoms with Gasteiger partial charge in [0.15, 0.2) is 0 Å². The zero-order valence-corrected chi connectivity index (χ0v) is 12.1. The summed E-state index contributed by atoms with van der Waals surface area (Å²) in [7, 11) is 0. The van der Waals surface area contributed by atoms with Gasteiger partial charge in [0.05, 0.1) is 4.92 Å². The fourth-order valence-corrected chi connectivity index (χ4v) is 2.27. The monoisotopic (exact) mass is 304 g/mol. The number of halogens is 2. The van der Waals surface area contributed by atoms with Crippen LogP contribution in [-0.2, 0) is 0 Å². The van der Waals surface area contributed by atoms with Gasteiger partial charge < -0.3 is 5.32 Å². The van der Waals surface area contributed by atoms with Crippen molar-refractivity contribution < 1.29 is 13.7 Å². The van der Waals surface area contributed by atoms with Gasteiger partial charge in [0.1, 0.15) is 0 Å². The Labute approximate surface area is 121 Å². The Hall–Kier alpha value is -1.37. The number of anilines is 1. The second kappa shape index (κ2) is 8.73. The van der Waals surface area contributed by atoms with Gasteiger partial charge in [-0.05, 0) is 30.9 Å². The Kier molecular flexibility index (Phi) is 7.28. The van der Waals surface area contributed by atoms with E-state index >= 15 is 0 Å². The van der Waals surface area contributed by atoms with Crippen LogP contribution in [0.3, 0.4) is 0 Å². The predicted octanol–water partition coefficient (Wildman–Crippen LogP) is 4.48. The summed E-state index contributed by atoms with van der Waals surface area (Å²) in [5.41, 5.74) is -0.357. The molecule has 1 aromatic carbocycles. The summed E-state index contributed by atoms with van der Waals surface area (Å²) in [5, 5.41) is 13.5. The maximum atomic E-state index is 12.9. The molecule has 0 radical (unpaired) electrons. The minimum absolute atomic E-state index is 0.274. The summed E-state index contributed by atoms with van der Waals surface area (Å²) >= 11 is 1.78. The molecule has 0 aliphatic heterocycles. The zero-order valence-electron chi connectivity index (χ0n) is 11.3. The Balaban J connectivity index is 2.58. The van der Waals surface area contributed by atoms with Gasteiger partial charge in [-0.15, -0.1) is 0 Å². The van der Waals surface area contributed by atoms with Crippen molar-refractivity contribution >= 4 is 23.1 Å². The van der Waals surface area contributed by atoms with E-state index in [1.54, 1.807) is 11.8 Å². The van der Waals surface area contributed by atoms with Gasteiger partial charge in [-0.25, -0.2) is 8.78 Å². The first-order chi connectivity index (χ1) is 9.56. The molecule has 112 valence electrons. The number of benzene rings is 1. The van der Waals surface area contributed by atoms with E-state index < -0.39 is 11.3 Å². The maximum Gasteiger partial charge on any atom is 0.270 e. The van der Waals surface area contributed by atoms with Gasteiger partial charge in [-0.1, -0.05) is 6.42 Å². The Morgan fingerprint density at radius 2 is 2.10 bits per heavy atom. The molecular weight excluding hydrogens is 286 g/mol. The van der Waals surface area contributed by atoms with E-state index in [2.05, 4.69) is 5.32 Å². The van der Waals surface area contributed by atoms with E-state index in [9.17, 15) is 18.9 Å². The molecule has 7 heteroatoms. The normalized spacial score (nSPS) is 10.8. The second-order valence-electron chi connectivity index (χ2n) is 4.31. The van der Waals surface area contributed by atoms with Crippen molar-refractivity contribution in [2.45, 2.75) is 25.7 Å². The summed E-state index contributed by atoms with van der Waals surface area (Å²) in [6.07, 6.45) is 2.34. The smallest absolute Gasteiger partial charge is 0.270 e. The fourth-order valence-electron chi connectivity index (χ4n) is 1.78. The van der Waals surface area contributed by atoms with Crippen molar-refractivity contribution in [2.24, 2.45) is 0 Å². The third-order valence-corrected chi connectivity index (χ3v) is 3.52. The average Bonchev–Trinajstić information content (AvgIpc) is 2.42. The predicted molar refractivity (Wildman–Crippen MR) is 78.8 cm³/mol. The molecule has 20 heavy (non-hydrogen) atoms. The molecule has 0 amide bonds. The molecule has 0 bridgehead atoms. The van der Waals surface area contributed by atoms with Gasteiger partial charge in [0.25, 0.3) is 12.1 Å². The van der Waals surface area contributed by atoms with Gasteiger partial charge >= 0.3 is 0 Å². The number of nitrogens with one attached hydrogen (secondary N) is 1. The molecule has 0 aliphatic carbocycles. The number of nitro groups is 1. The lowest BCUT2D eigenvalue weighted by molar-refractivity contribution is -0.385. The van der Waals surface area contributed by atoms with Crippen LogP contribution < -0.4 is 5.32 Å². The number of non-ortho nitro benzene ring substituents is 1. The van der Waals surface area contributed by atoms with Crippen LogP contribution in [0, 0.1) is 10.1 Å². The number of rotatable bonds is 9. The summed E-state index contributed by atoms with van der Waals surface area (Å²) in [4.78, 5) is 9.92. The molecule has 0 unspecified atom stereocenters. The number of thioether (sulfide) groups is 1. The fraction of sp³-hybridized carbons (Fsp3) is 0.538. The van der Waals surface area contributed by atoms with Crippen molar-refractivity contribution in [1.29, 1.82) is 0 Å². The van der Waals surface area contributed by atoms with Crippen LogP contribution in [0.15, 0.2) is 18.2 Å². The van der Waals surface area contributed by atoms with Crippen LogP contribution in [0.5, 0.6) is 0 Å². The molecule has 1 aromatic rings. The van der Waals surface area contributed by atoms with Crippen LogP contribution in [0.1, 0.15) is 31.3 Å². The van der Waals surface area contributed by atoms with Gasteiger partial charge in [-0.3, -0.25) is 10.1 Å². The van der Waals surface area contributed by atoms with Crippen molar-refractivity contribution in [3.8, 4) is 0 Å². The summed E-state index contributed by atoms with van der Waals surface area (Å²) in [5.74, 6) is 1.10. The van der Waals surface area contributed by atoms with E-state index in [1.165, 1.54) is 12.1 Å². The summed E-state index contributed by atoms with van der Waals surface area (Å²) < 4.78 is 25.8. The molecule has 1 rings (SSSR count). The van der Waals surface area contributed by atoms with Crippen LogP contribution in [0.4, 0.5) is 20.2 Å². The number of hydrogen-bond acceptors (Lipinski definition) is 4. The minimum Gasteiger partial charge on any atom is -0.385 e. The Bertz CT molecular complexity index is 444. The number of alkyl halides is 2.